The highest BCUT2D eigenvalue weighted by Crippen LogP contribution is 2.30. The van der Waals surface area contributed by atoms with Gasteiger partial charge in [0.15, 0.2) is 0 Å². The van der Waals surface area contributed by atoms with Crippen molar-refractivity contribution in [1.82, 2.24) is 9.62 Å². The van der Waals surface area contributed by atoms with Crippen LogP contribution in [0.25, 0.3) is 0 Å². The number of thiophene rings is 1. The number of nitrogens with one attached hydrogen (secondary N) is 1. The number of rotatable bonds is 6. The van der Waals surface area contributed by atoms with Gasteiger partial charge in [0.2, 0.25) is 21.8 Å². The summed E-state index contributed by atoms with van der Waals surface area (Å²) in [5, 5.41) is 2.00. The van der Waals surface area contributed by atoms with Gasteiger partial charge in [-0.2, -0.15) is 4.72 Å². The summed E-state index contributed by atoms with van der Waals surface area (Å²) in [6.45, 7) is 3.10. The minimum Gasteiger partial charge on any atom is -0.337 e. The largest absolute Gasteiger partial charge is 0.337 e. The third-order valence-electron chi connectivity index (χ3n) is 5.86. The molecule has 0 bridgehead atoms. The average molecular weight is 463 g/mol. The highest BCUT2D eigenvalue weighted by molar-refractivity contribution is 7.89. The molecule has 10 heteroatoms. The van der Waals surface area contributed by atoms with E-state index in [-0.39, 0.29) is 23.3 Å². The SMILES string of the molecule is Cc1c(N2CCCC2=O)cccc1S(=O)(=O)N[C@@H](CN)C(=O)N1CCc2sccc2C1. The van der Waals surface area contributed by atoms with E-state index in [0.29, 0.717) is 37.3 Å². The Balaban J connectivity index is 1.55. The Morgan fingerprint density at radius 1 is 1.26 bits per heavy atom. The Morgan fingerprint density at radius 2 is 2.06 bits per heavy atom. The number of sulfonamides is 1. The van der Waals surface area contributed by atoms with Crippen molar-refractivity contribution >= 4 is 38.9 Å². The van der Waals surface area contributed by atoms with Crippen LogP contribution in [0.4, 0.5) is 5.69 Å². The molecule has 1 saturated heterocycles. The molecule has 2 amide bonds. The number of hydrogen-bond acceptors (Lipinski definition) is 6. The topological polar surface area (TPSA) is 113 Å². The lowest BCUT2D eigenvalue weighted by Gasteiger charge is -2.30. The smallest absolute Gasteiger partial charge is 0.242 e. The standard InChI is InChI=1S/C21H26N4O4S2/c1-14-17(25-9-3-6-20(25)26)4-2-5-19(14)31(28,29)23-16(12-22)21(27)24-10-7-18-15(13-24)8-11-30-18/h2,4-5,8,11,16,23H,3,6-7,9-10,12-13,22H2,1H3/t16-/m0/s1. The molecular formula is C21H26N4O4S2. The number of carbonyl (C=O) groups is 2. The van der Waals surface area contributed by atoms with Gasteiger partial charge in [0.1, 0.15) is 6.04 Å². The quantitative estimate of drug-likeness (QED) is 0.673. The van der Waals surface area contributed by atoms with E-state index in [1.54, 1.807) is 40.2 Å². The lowest BCUT2D eigenvalue weighted by molar-refractivity contribution is -0.133. The van der Waals surface area contributed by atoms with Gasteiger partial charge in [-0.1, -0.05) is 6.07 Å². The second-order valence-electron chi connectivity index (χ2n) is 7.84. The molecule has 31 heavy (non-hydrogen) atoms. The minimum atomic E-state index is -4.02. The molecule has 3 heterocycles. The van der Waals surface area contributed by atoms with E-state index in [0.717, 1.165) is 18.4 Å². The molecule has 2 aromatic rings. The number of hydrogen-bond donors (Lipinski definition) is 2. The van der Waals surface area contributed by atoms with Crippen molar-refractivity contribution in [3.8, 4) is 0 Å². The fourth-order valence-electron chi connectivity index (χ4n) is 4.20. The summed E-state index contributed by atoms with van der Waals surface area (Å²) in [4.78, 5) is 29.8. The molecule has 1 aromatic heterocycles. The average Bonchev–Trinajstić information content (AvgIpc) is 3.39. The molecule has 2 aliphatic rings. The molecule has 1 fully saturated rings. The van der Waals surface area contributed by atoms with Gasteiger partial charge in [-0.3, -0.25) is 9.59 Å². The Bertz CT molecular complexity index is 1110. The molecule has 0 radical (unpaired) electrons. The number of carbonyl (C=O) groups excluding carboxylic acids is 2. The monoisotopic (exact) mass is 462 g/mol. The molecule has 0 spiro atoms. The van der Waals surface area contributed by atoms with Crippen molar-refractivity contribution in [2.45, 2.75) is 43.7 Å². The first-order chi connectivity index (χ1) is 14.8. The summed E-state index contributed by atoms with van der Waals surface area (Å²) >= 11 is 1.67. The third-order valence-corrected chi connectivity index (χ3v) is 8.50. The van der Waals surface area contributed by atoms with Crippen molar-refractivity contribution in [2.75, 3.05) is 24.5 Å². The summed E-state index contributed by atoms with van der Waals surface area (Å²) in [5.74, 6) is -0.343. The predicted octanol–water partition coefficient (Wildman–Crippen LogP) is 1.37. The molecule has 0 unspecified atom stereocenters. The van der Waals surface area contributed by atoms with Crippen LogP contribution in [-0.2, 0) is 32.6 Å². The fourth-order valence-corrected chi connectivity index (χ4v) is 6.55. The zero-order valence-electron chi connectivity index (χ0n) is 17.3. The fraction of sp³-hybridized carbons (Fsp3) is 0.429. The van der Waals surface area contributed by atoms with E-state index in [4.69, 9.17) is 5.73 Å². The Kier molecular flexibility index (Phi) is 6.16. The number of fused-ring (bicyclic) bond motifs is 1. The minimum absolute atomic E-state index is 0.0153. The molecule has 8 nitrogen and oxygen atoms in total. The molecule has 0 saturated carbocycles. The Morgan fingerprint density at radius 3 is 2.77 bits per heavy atom. The molecule has 1 aromatic carbocycles. The Labute approximate surface area is 186 Å². The lowest BCUT2D eigenvalue weighted by Crippen LogP contribution is -2.53. The van der Waals surface area contributed by atoms with E-state index in [1.165, 1.54) is 10.9 Å². The number of nitrogens with zero attached hydrogens (tertiary/aromatic N) is 2. The van der Waals surface area contributed by atoms with Crippen LogP contribution < -0.4 is 15.4 Å². The van der Waals surface area contributed by atoms with Gasteiger partial charge >= 0.3 is 0 Å². The van der Waals surface area contributed by atoms with Crippen molar-refractivity contribution in [2.24, 2.45) is 5.73 Å². The molecule has 3 N–H and O–H groups in total. The summed E-state index contributed by atoms with van der Waals surface area (Å²) in [6, 6.07) is 5.79. The van der Waals surface area contributed by atoms with Crippen molar-refractivity contribution < 1.29 is 18.0 Å². The van der Waals surface area contributed by atoms with Crippen LogP contribution in [0.2, 0.25) is 0 Å². The van der Waals surface area contributed by atoms with Crippen molar-refractivity contribution in [3.63, 3.8) is 0 Å². The van der Waals surface area contributed by atoms with Crippen LogP contribution in [0.5, 0.6) is 0 Å². The first-order valence-corrected chi connectivity index (χ1v) is 12.6. The summed E-state index contributed by atoms with van der Waals surface area (Å²) in [6.07, 6.45) is 1.97. The maximum atomic E-state index is 13.2. The first-order valence-electron chi connectivity index (χ1n) is 10.3. The number of benzene rings is 1. The molecule has 2 aliphatic heterocycles. The Hall–Kier alpha value is -2.27. The molecule has 166 valence electrons. The first kappa shape index (κ1) is 21.9. The number of anilines is 1. The molecule has 0 aliphatic carbocycles. The van der Waals surface area contributed by atoms with Gasteiger partial charge in [-0.25, -0.2) is 8.42 Å². The van der Waals surface area contributed by atoms with E-state index >= 15 is 0 Å². The molecule has 4 rings (SSSR count). The maximum Gasteiger partial charge on any atom is 0.242 e. The van der Waals surface area contributed by atoms with Gasteiger partial charge in [0.05, 0.1) is 4.90 Å². The van der Waals surface area contributed by atoms with Crippen LogP contribution in [0.1, 0.15) is 28.8 Å². The second-order valence-corrected chi connectivity index (χ2v) is 10.5. The van der Waals surface area contributed by atoms with Crippen molar-refractivity contribution in [1.29, 1.82) is 0 Å². The molecule has 1 atom stereocenters. The van der Waals surface area contributed by atoms with Crippen molar-refractivity contribution in [3.05, 3.63) is 45.6 Å². The normalized spacial score (nSPS) is 17.7. The van der Waals surface area contributed by atoms with Crippen LogP contribution in [0.15, 0.2) is 34.5 Å². The third kappa shape index (κ3) is 4.25. The molecular weight excluding hydrogens is 436 g/mol. The van der Waals surface area contributed by atoms with Gasteiger partial charge in [-0.15, -0.1) is 11.3 Å². The van der Waals surface area contributed by atoms with E-state index in [2.05, 4.69) is 4.72 Å². The van der Waals surface area contributed by atoms with Crippen LogP contribution in [-0.4, -0.2) is 50.8 Å². The number of amides is 2. The van der Waals surface area contributed by atoms with Gasteiger partial charge in [0, 0.05) is 43.2 Å². The highest BCUT2D eigenvalue weighted by atomic mass is 32.2. The van der Waals surface area contributed by atoms with E-state index in [9.17, 15) is 18.0 Å². The van der Waals surface area contributed by atoms with Crippen LogP contribution in [0.3, 0.4) is 0 Å². The summed E-state index contributed by atoms with van der Waals surface area (Å²) in [5.41, 5.74) is 7.97. The van der Waals surface area contributed by atoms with Gasteiger partial charge in [-0.05, 0) is 54.5 Å². The zero-order valence-corrected chi connectivity index (χ0v) is 19.0. The van der Waals surface area contributed by atoms with E-state index < -0.39 is 16.1 Å². The highest BCUT2D eigenvalue weighted by Gasteiger charge is 2.32. The van der Waals surface area contributed by atoms with Gasteiger partial charge < -0.3 is 15.5 Å². The van der Waals surface area contributed by atoms with Gasteiger partial charge in [0.25, 0.3) is 0 Å². The number of nitrogens with two attached hydrogens (primary N) is 1. The summed E-state index contributed by atoms with van der Waals surface area (Å²) < 4.78 is 28.9. The lowest BCUT2D eigenvalue weighted by atomic mass is 10.1. The summed E-state index contributed by atoms with van der Waals surface area (Å²) in [7, 11) is -4.02. The van der Waals surface area contributed by atoms with E-state index in [1.807, 2.05) is 11.4 Å². The maximum absolute atomic E-state index is 13.2. The van der Waals surface area contributed by atoms with Crippen LogP contribution >= 0.6 is 11.3 Å². The second kappa shape index (κ2) is 8.70. The van der Waals surface area contributed by atoms with Crippen LogP contribution in [0, 0.1) is 6.92 Å². The zero-order chi connectivity index (χ0) is 22.2. The predicted molar refractivity (Wildman–Crippen MR) is 119 cm³/mol.